The quantitative estimate of drug-likeness (QED) is 0.905. The lowest BCUT2D eigenvalue weighted by molar-refractivity contribution is 0.0951. The lowest BCUT2D eigenvalue weighted by Crippen LogP contribution is -2.29. The summed E-state index contributed by atoms with van der Waals surface area (Å²) in [5.74, 6) is 0.663. The van der Waals surface area contributed by atoms with Gasteiger partial charge in [-0.1, -0.05) is 12.1 Å². The summed E-state index contributed by atoms with van der Waals surface area (Å²) >= 11 is 0. The van der Waals surface area contributed by atoms with Crippen LogP contribution in [0.1, 0.15) is 36.0 Å². The number of anilines is 1. The number of amides is 1. The van der Waals surface area contributed by atoms with E-state index in [4.69, 9.17) is 4.74 Å². The number of benzene rings is 1. The number of carbonyl (C=O) groups is 1. The molecule has 4 heteroatoms. The van der Waals surface area contributed by atoms with Crippen LogP contribution < -0.4 is 10.2 Å². The number of rotatable bonds is 5. The van der Waals surface area contributed by atoms with Crippen LogP contribution in [0.4, 0.5) is 5.69 Å². The maximum atomic E-state index is 12.4. The number of hydrogen-bond donors (Lipinski definition) is 1. The molecule has 1 amide bonds. The highest BCUT2D eigenvalue weighted by Gasteiger charge is 2.19. The summed E-state index contributed by atoms with van der Waals surface area (Å²) in [5.41, 5.74) is 1.89. The molecule has 0 unspecified atom stereocenters. The van der Waals surface area contributed by atoms with E-state index in [1.807, 2.05) is 18.2 Å². The van der Waals surface area contributed by atoms with Gasteiger partial charge in [-0.3, -0.25) is 4.79 Å². The van der Waals surface area contributed by atoms with Crippen molar-refractivity contribution in [2.24, 2.45) is 5.92 Å². The molecule has 1 aromatic rings. The highest BCUT2D eigenvalue weighted by molar-refractivity contribution is 5.99. The van der Waals surface area contributed by atoms with Gasteiger partial charge in [0.2, 0.25) is 0 Å². The third-order valence-corrected chi connectivity index (χ3v) is 4.46. The smallest absolute Gasteiger partial charge is 0.253 e. The summed E-state index contributed by atoms with van der Waals surface area (Å²) in [4.78, 5) is 14.7. The fourth-order valence-corrected chi connectivity index (χ4v) is 3.20. The Morgan fingerprint density at radius 3 is 2.86 bits per heavy atom. The summed E-state index contributed by atoms with van der Waals surface area (Å²) in [6.45, 7) is 4.57. The third-order valence-electron chi connectivity index (χ3n) is 4.46. The maximum Gasteiger partial charge on any atom is 0.253 e. The van der Waals surface area contributed by atoms with Gasteiger partial charge in [-0.15, -0.1) is 0 Å². The molecule has 21 heavy (non-hydrogen) atoms. The summed E-state index contributed by atoms with van der Waals surface area (Å²) in [7, 11) is 0. The zero-order valence-electron chi connectivity index (χ0n) is 12.5. The second-order valence-corrected chi connectivity index (χ2v) is 5.99. The Morgan fingerprint density at radius 1 is 1.29 bits per heavy atom. The number of carbonyl (C=O) groups excluding carboxylic acids is 1. The molecule has 1 N–H and O–H groups in total. The molecule has 2 heterocycles. The van der Waals surface area contributed by atoms with E-state index in [0.717, 1.165) is 56.9 Å². The van der Waals surface area contributed by atoms with Gasteiger partial charge in [0, 0.05) is 38.5 Å². The van der Waals surface area contributed by atoms with Gasteiger partial charge in [0.15, 0.2) is 0 Å². The average Bonchev–Trinajstić information content (AvgIpc) is 3.20. The minimum absolute atomic E-state index is 0.0522. The summed E-state index contributed by atoms with van der Waals surface area (Å²) < 4.78 is 5.37. The van der Waals surface area contributed by atoms with Crippen molar-refractivity contribution < 1.29 is 9.53 Å². The van der Waals surface area contributed by atoms with Crippen molar-refractivity contribution >= 4 is 11.6 Å². The molecule has 2 aliphatic heterocycles. The highest BCUT2D eigenvalue weighted by Crippen LogP contribution is 2.24. The Kier molecular flexibility index (Phi) is 4.76. The van der Waals surface area contributed by atoms with Gasteiger partial charge in [-0.2, -0.15) is 0 Å². The molecule has 2 aliphatic rings. The van der Waals surface area contributed by atoms with Crippen LogP contribution in [0.5, 0.6) is 0 Å². The fraction of sp³-hybridized carbons (Fsp3) is 0.588. The van der Waals surface area contributed by atoms with Crippen molar-refractivity contribution in [3.05, 3.63) is 29.8 Å². The van der Waals surface area contributed by atoms with Crippen LogP contribution in [0.15, 0.2) is 24.3 Å². The molecule has 0 radical (unpaired) electrons. The van der Waals surface area contributed by atoms with Crippen LogP contribution in [0.25, 0.3) is 0 Å². The van der Waals surface area contributed by atoms with Crippen LogP contribution in [-0.2, 0) is 4.74 Å². The first-order valence-electron chi connectivity index (χ1n) is 8.04. The van der Waals surface area contributed by atoms with Crippen LogP contribution in [0.2, 0.25) is 0 Å². The lowest BCUT2D eigenvalue weighted by Gasteiger charge is -2.21. The molecule has 1 aromatic carbocycles. The average molecular weight is 288 g/mol. The fourth-order valence-electron chi connectivity index (χ4n) is 3.20. The summed E-state index contributed by atoms with van der Waals surface area (Å²) in [6, 6.07) is 7.95. The van der Waals surface area contributed by atoms with Crippen molar-refractivity contribution in [3.8, 4) is 0 Å². The minimum atomic E-state index is 0.0522. The Labute approximate surface area is 126 Å². The van der Waals surface area contributed by atoms with E-state index in [1.54, 1.807) is 0 Å². The van der Waals surface area contributed by atoms with Crippen LogP contribution in [0, 0.1) is 5.92 Å². The van der Waals surface area contributed by atoms with E-state index < -0.39 is 0 Å². The zero-order valence-corrected chi connectivity index (χ0v) is 12.5. The molecule has 0 spiro atoms. The second-order valence-electron chi connectivity index (χ2n) is 5.99. The molecule has 0 aliphatic carbocycles. The number of ether oxygens (including phenoxy) is 1. The first-order valence-corrected chi connectivity index (χ1v) is 8.04. The molecule has 1 atom stereocenters. The summed E-state index contributed by atoms with van der Waals surface area (Å²) in [5, 5.41) is 3.07. The zero-order chi connectivity index (χ0) is 14.5. The Hall–Kier alpha value is -1.55. The number of nitrogens with zero attached hydrogens (tertiary/aromatic N) is 1. The monoisotopic (exact) mass is 288 g/mol. The van der Waals surface area contributed by atoms with Crippen LogP contribution in [-0.4, -0.2) is 38.8 Å². The predicted molar refractivity (Wildman–Crippen MR) is 83.8 cm³/mol. The molecular formula is C17H24N2O2. The van der Waals surface area contributed by atoms with Crippen LogP contribution in [0.3, 0.4) is 0 Å². The first-order chi connectivity index (χ1) is 10.3. The minimum Gasteiger partial charge on any atom is -0.381 e. The van der Waals surface area contributed by atoms with Gasteiger partial charge in [0.05, 0.1) is 5.56 Å². The third kappa shape index (κ3) is 3.56. The molecule has 114 valence electrons. The van der Waals surface area contributed by atoms with E-state index >= 15 is 0 Å². The SMILES string of the molecule is O=C(NCC[C@H]1CCOC1)c1ccccc1N1CCCC1. The molecule has 2 saturated heterocycles. The standard InChI is InChI=1S/C17H24N2O2/c20-17(18-9-7-14-8-12-21-13-14)15-5-1-2-6-16(15)19-10-3-4-11-19/h1-2,5-6,14H,3-4,7-13H2,(H,18,20)/t14-/m0/s1. The summed E-state index contributed by atoms with van der Waals surface area (Å²) in [6.07, 6.45) is 4.58. The first kappa shape index (κ1) is 14.4. The second kappa shape index (κ2) is 6.94. The topological polar surface area (TPSA) is 41.6 Å². The van der Waals surface area contributed by atoms with E-state index in [0.29, 0.717) is 5.92 Å². The van der Waals surface area contributed by atoms with Crippen molar-refractivity contribution in [2.75, 3.05) is 37.7 Å². The van der Waals surface area contributed by atoms with Crippen molar-refractivity contribution in [3.63, 3.8) is 0 Å². The van der Waals surface area contributed by atoms with Crippen molar-refractivity contribution in [1.29, 1.82) is 0 Å². The Balaban J connectivity index is 1.58. The predicted octanol–water partition coefficient (Wildman–Crippen LogP) is 2.44. The van der Waals surface area contributed by atoms with E-state index in [1.165, 1.54) is 12.8 Å². The lowest BCUT2D eigenvalue weighted by atomic mass is 10.1. The molecule has 3 rings (SSSR count). The Morgan fingerprint density at radius 2 is 2.10 bits per heavy atom. The molecule has 2 fully saturated rings. The molecule has 4 nitrogen and oxygen atoms in total. The normalized spacial score (nSPS) is 21.7. The number of hydrogen-bond acceptors (Lipinski definition) is 3. The maximum absolute atomic E-state index is 12.4. The molecule has 0 saturated carbocycles. The van der Waals surface area contributed by atoms with Crippen molar-refractivity contribution in [2.45, 2.75) is 25.7 Å². The van der Waals surface area contributed by atoms with Gasteiger partial charge in [-0.05, 0) is 43.7 Å². The molecular weight excluding hydrogens is 264 g/mol. The van der Waals surface area contributed by atoms with E-state index in [-0.39, 0.29) is 5.91 Å². The largest absolute Gasteiger partial charge is 0.381 e. The van der Waals surface area contributed by atoms with Gasteiger partial charge in [-0.25, -0.2) is 0 Å². The van der Waals surface area contributed by atoms with Gasteiger partial charge in [0.25, 0.3) is 5.91 Å². The van der Waals surface area contributed by atoms with E-state index in [9.17, 15) is 4.79 Å². The number of para-hydroxylation sites is 1. The number of nitrogens with one attached hydrogen (secondary N) is 1. The molecule has 0 aromatic heterocycles. The van der Waals surface area contributed by atoms with Gasteiger partial charge >= 0.3 is 0 Å². The Bertz CT molecular complexity index is 477. The van der Waals surface area contributed by atoms with Gasteiger partial charge in [0.1, 0.15) is 0 Å². The highest BCUT2D eigenvalue weighted by atomic mass is 16.5. The van der Waals surface area contributed by atoms with Gasteiger partial charge < -0.3 is 15.0 Å². The van der Waals surface area contributed by atoms with Crippen LogP contribution >= 0.6 is 0 Å². The van der Waals surface area contributed by atoms with Crippen molar-refractivity contribution in [1.82, 2.24) is 5.32 Å². The molecule has 0 bridgehead atoms. The van der Waals surface area contributed by atoms with E-state index in [2.05, 4.69) is 16.3 Å².